The highest BCUT2D eigenvalue weighted by atomic mass is 32.1. The average molecular weight is 409 g/mol. The number of nitrogens with zero attached hydrogens (tertiary/aromatic N) is 5. The second-order valence-corrected chi connectivity index (χ2v) is 7.60. The van der Waals surface area contributed by atoms with Crippen molar-refractivity contribution in [2.45, 2.75) is 45.3 Å². The summed E-state index contributed by atoms with van der Waals surface area (Å²) in [7, 11) is 0. The van der Waals surface area contributed by atoms with E-state index in [0.29, 0.717) is 41.3 Å². The number of hydrogen-bond donors (Lipinski definition) is 0. The number of fused-ring (bicyclic) bond motifs is 1. The van der Waals surface area contributed by atoms with Crippen molar-refractivity contribution in [1.82, 2.24) is 24.5 Å². The van der Waals surface area contributed by atoms with E-state index >= 15 is 0 Å². The quantitative estimate of drug-likeness (QED) is 0.655. The Morgan fingerprint density at radius 2 is 2.14 bits per heavy atom. The van der Waals surface area contributed by atoms with E-state index in [1.807, 2.05) is 0 Å². The molecule has 1 atom stereocenters. The normalized spacial score (nSPS) is 17.6. The number of alkyl halides is 3. The molecule has 4 rings (SSSR count). The summed E-state index contributed by atoms with van der Waals surface area (Å²) in [4.78, 5) is 23.5. The minimum absolute atomic E-state index is 0.148. The zero-order valence-corrected chi connectivity index (χ0v) is 16.1. The number of halogens is 3. The molecule has 0 bridgehead atoms. The summed E-state index contributed by atoms with van der Waals surface area (Å²) < 4.78 is 41.3. The van der Waals surface area contributed by atoms with Gasteiger partial charge in [0.2, 0.25) is 0 Å². The van der Waals surface area contributed by atoms with E-state index in [2.05, 4.69) is 15.1 Å². The van der Waals surface area contributed by atoms with Crippen molar-refractivity contribution in [1.29, 1.82) is 0 Å². The Kier molecular flexibility index (Phi) is 4.60. The van der Waals surface area contributed by atoms with Crippen LogP contribution < -0.4 is 0 Å². The number of aromatic nitrogens is 4. The van der Waals surface area contributed by atoms with E-state index in [-0.39, 0.29) is 17.6 Å². The molecular formula is C18H18F3N5OS. The van der Waals surface area contributed by atoms with Crippen molar-refractivity contribution in [3.05, 3.63) is 45.3 Å². The van der Waals surface area contributed by atoms with Crippen LogP contribution in [0.4, 0.5) is 13.2 Å². The molecule has 148 valence electrons. The Morgan fingerprint density at radius 3 is 2.79 bits per heavy atom. The van der Waals surface area contributed by atoms with Crippen LogP contribution in [-0.4, -0.2) is 36.9 Å². The number of amides is 1. The summed E-state index contributed by atoms with van der Waals surface area (Å²) in [6.07, 6.45) is -2.74. The highest BCUT2D eigenvalue weighted by Gasteiger charge is 2.37. The van der Waals surface area contributed by atoms with Gasteiger partial charge < -0.3 is 4.90 Å². The Labute approximate surface area is 163 Å². The van der Waals surface area contributed by atoms with E-state index < -0.39 is 11.9 Å². The van der Waals surface area contributed by atoms with Crippen molar-refractivity contribution in [3.8, 4) is 0 Å². The third-order valence-corrected chi connectivity index (χ3v) is 5.86. The molecule has 1 amide bonds. The molecule has 28 heavy (non-hydrogen) atoms. The topological polar surface area (TPSA) is 63.4 Å². The smallest absolute Gasteiger partial charge is 0.329 e. The molecule has 0 N–H and O–H groups in total. The first kappa shape index (κ1) is 18.9. The number of thiazole rings is 1. The number of hydrogen-bond acceptors (Lipinski definition) is 5. The zero-order valence-electron chi connectivity index (χ0n) is 15.3. The molecule has 1 aliphatic heterocycles. The van der Waals surface area contributed by atoms with E-state index in [9.17, 15) is 18.0 Å². The maximum absolute atomic E-state index is 13.5. The summed E-state index contributed by atoms with van der Waals surface area (Å²) in [5, 5.41) is 4.20. The summed E-state index contributed by atoms with van der Waals surface area (Å²) in [5.41, 5.74) is 2.35. The van der Waals surface area contributed by atoms with Crippen LogP contribution in [0.3, 0.4) is 0 Å². The molecular weight excluding hydrogens is 391 g/mol. The van der Waals surface area contributed by atoms with Gasteiger partial charge in [0.15, 0.2) is 5.65 Å². The minimum Gasteiger partial charge on any atom is -0.329 e. The van der Waals surface area contributed by atoms with E-state index in [4.69, 9.17) is 0 Å². The van der Waals surface area contributed by atoms with Crippen molar-refractivity contribution >= 4 is 22.9 Å². The van der Waals surface area contributed by atoms with Crippen LogP contribution in [-0.2, 0) is 12.6 Å². The minimum atomic E-state index is -4.54. The molecule has 1 aliphatic rings. The van der Waals surface area contributed by atoms with Crippen LogP contribution in [0.5, 0.6) is 0 Å². The van der Waals surface area contributed by atoms with Gasteiger partial charge in [-0.15, -0.1) is 11.3 Å². The van der Waals surface area contributed by atoms with Crippen molar-refractivity contribution in [2.75, 3.05) is 6.54 Å². The van der Waals surface area contributed by atoms with Crippen molar-refractivity contribution < 1.29 is 18.0 Å². The molecule has 0 radical (unpaired) electrons. The molecule has 1 saturated heterocycles. The maximum Gasteiger partial charge on any atom is 0.433 e. The molecule has 10 heteroatoms. The van der Waals surface area contributed by atoms with Gasteiger partial charge in [-0.05, 0) is 32.3 Å². The Balaban J connectivity index is 1.76. The van der Waals surface area contributed by atoms with Gasteiger partial charge in [0.25, 0.3) is 5.91 Å². The standard InChI is InChI=1S/C18H18F3N5OS/c1-3-11-7-14(18(19,20)21)26-15(23-11)8-12(24-26)13-5-4-6-25(13)17(27)16-10(2)22-9-28-16/h7-9,13H,3-6H2,1-2H3/t13-/m0/s1. The van der Waals surface area contributed by atoms with Gasteiger partial charge >= 0.3 is 6.18 Å². The van der Waals surface area contributed by atoms with Gasteiger partial charge in [0, 0.05) is 18.3 Å². The lowest BCUT2D eigenvalue weighted by Gasteiger charge is -2.22. The average Bonchev–Trinajstić information content (AvgIpc) is 3.37. The lowest BCUT2D eigenvalue weighted by molar-refractivity contribution is -0.142. The van der Waals surface area contributed by atoms with Gasteiger partial charge in [0.1, 0.15) is 10.6 Å². The summed E-state index contributed by atoms with van der Waals surface area (Å²) in [6, 6.07) is 2.22. The summed E-state index contributed by atoms with van der Waals surface area (Å²) >= 11 is 1.27. The number of carbonyl (C=O) groups is 1. The first-order chi connectivity index (χ1) is 13.3. The predicted molar refractivity (Wildman–Crippen MR) is 97.2 cm³/mol. The van der Waals surface area contributed by atoms with Gasteiger partial charge in [-0.2, -0.15) is 18.3 Å². The maximum atomic E-state index is 13.5. The highest BCUT2D eigenvalue weighted by Crippen LogP contribution is 2.35. The zero-order chi connectivity index (χ0) is 20.1. The van der Waals surface area contributed by atoms with Crippen molar-refractivity contribution in [2.24, 2.45) is 0 Å². The molecule has 0 aliphatic carbocycles. The lowest BCUT2D eigenvalue weighted by Crippen LogP contribution is -2.30. The summed E-state index contributed by atoms with van der Waals surface area (Å²) in [6.45, 7) is 4.06. The Morgan fingerprint density at radius 1 is 1.36 bits per heavy atom. The molecule has 3 aromatic heterocycles. The molecule has 6 nitrogen and oxygen atoms in total. The third kappa shape index (κ3) is 3.15. The van der Waals surface area contributed by atoms with Gasteiger partial charge in [0.05, 0.1) is 22.9 Å². The molecule has 0 aromatic carbocycles. The van der Waals surface area contributed by atoms with E-state index in [0.717, 1.165) is 17.0 Å². The molecule has 4 heterocycles. The van der Waals surface area contributed by atoms with Crippen molar-refractivity contribution in [3.63, 3.8) is 0 Å². The van der Waals surface area contributed by atoms with Gasteiger partial charge in [-0.3, -0.25) is 4.79 Å². The third-order valence-electron chi connectivity index (χ3n) is 4.95. The fraction of sp³-hybridized carbons (Fsp3) is 0.444. The number of aryl methyl sites for hydroxylation is 2. The van der Waals surface area contributed by atoms with Crippen LogP contribution >= 0.6 is 11.3 Å². The first-order valence-corrected chi connectivity index (χ1v) is 9.85. The monoisotopic (exact) mass is 409 g/mol. The molecule has 0 spiro atoms. The molecule has 0 unspecified atom stereocenters. The fourth-order valence-electron chi connectivity index (χ4n) is 3.55. The first-order valence-electron chi connectivity index (χ1n) is 8.97. The van der Waals surface area contributed by atoms with Gasteiger partial charge in [-0.1, -0.05) is 6.92 Å². The van der Waals surface area contributed by atoms with Crippen LogP contribution in [0.25, 0.3) is 5.65 Å². The number of rotatable bonds is 3. The number of likely N-dealkylation sites (tertiary alicyclic amines) is 1. The Bertz CT molecular complexity index is 1040. The van der Waals surface area contributed by atoms with Crippen LogP contribution in [0, 0.1) is 6.92 Å². The molecule has 3 aromatic rings. The SMILES string of the molecule is CCc1cc(C(F)(F)F)n2nc([C@@H]3CCCN3C(=O)c3scnc3C)cc2n1. The second-order valence-electron chi connectivity index (χ2n) is 6.75. The second kappa shape index (κ2) is 6.84. The largest absolute Gasteiger partial charge is 0.433 e. The predicted octanol–water partition coefficient (Wildman–Crippen LogP) is 4.05. The molecule has 1 fully saturated rings. The van der Waals surface area contributed by atoms with Crippen LogP contribution in [0.15, 0.2) is 17.6 Å². The highest BCUT2D eigenvalue weighted by molar-refractivity contribution is 7.11. The van der Waals surface area contributed by atoms with Gasteiger partial charge in [-0.25, -0.2) is 14.5 Å². The Hall–Kier alpha value is -2.49. The fourth-order valence-corrected chi connectivity index (χ4v) is 4.30. The molecule has 0 saturated carbocycles. The number of carbonyl (C=O) groups excluding carboxylic acids is 1. The van der Waals surface area contributed by atoms with E-state index in [1.54, 1.807) is 30.3 Å². The van der Waals surface area contributed by atoms with Crippen LogP contribution in [0.2, 0.25) is 0 Å². The van der Waals surface area contributed by atoms with E-state index in [1.165, 1.54) is 11.3 Å². The van der Waals surface area contributed by atoms with Crippen LogP contribution in [0.1, 0.15) is 58.3 Å². The lowest BCUT2D eigenvalue weighted by atomic mass is 10.1. The summed E-state index contributed by atoms with van der Waals surface area (Å²) in [5.74, 6) is -0.155.